The van der Waals surface area contributed by atoms with Crippen LogP contribution in [-0.4, -0.2) is 20.9 Å². The molecule has 3 aromatic carbocycles. The highest BCUT2D eigenvalue weighted by atomic mass is 32.2. The number of benzene rings is 3. The third-order valence-corrected chi connectivity index (χ3v) is 5.47. The number of aryl methyl sites for hydroxylation is 2. The summed E-state index contributed by atoms with van der Waals surface area (Å²) < 4.78 is 33.0. The van der Waals surface area contributed by atoms with Gasteiger partial charge in [-0.25, -0.2) is 8.42 Å². The monoisotopic (exact) mass is 410 g/mol. The summed E-state index contributed by atoms with van der Waals surface area (Å²) in [5.74, 6) is 0.104. The summed E-state index contributed by atoms with van der Waals surface area (Å²) in [5, 5.41) is 2.75. The Hall–Kier alpha value is -3.32. The molecule has 29 heavy (non-hydrogen) atoms. The summed E-state index contributed by atoms with van der Waals surface area (Å²) in [4.78, 5) is 12.1. The van der Waals surface area contributed by atoms with Crippen molar-refractivity contribution in [3.8, 4) is 5.75 Å². The van der Waals surface area contributed by atoms with Crippen LogP contribution in [0.2, 0.25) is 0 Å². The highest BCUT2D eigenvalue weighted by Gasteiger charge is 2.14. The van der Waals surface area contributed by atoms with E-state index in [9.17, 15) is 13.2 Å². The predicted molar refractivity (Wildman–Crippen MR) is 114 cm³/mol. The molecule has 0 fully saturated rings. The van der Waals surface area contributed by atoms with Gasteiger partial charge in [-0.3, -0.25) is 9.52 Å². The third-order valence-electron chi connectivity index (χ3n) is 4.08. The van der Waals surface area contributed by atoms with Crippen molar-refractivity contribution in [3.63, 3.8) is 0 Å². The summed E-state index contributed by atoms with van der Waals surface area (Å²) in [6.07, 6.45) is 0. The topological polar surface area (TPSA) is 84.5 Å². The number of ether oxygens (including phenoxy) is 1. The lowest BCUT2D eigenvalue weighted by atomic mass is 10.2. The Morgan fingerprint density at radius 3 is 2.07 bits per heavy atom. The van der Waals surface area contributed by atoms with Crippen LogP contribution >= 0.6 is 0 Å². The smallest absolute Gasteiger partial charge is 0.262 e. The van der Waals surface area contributed by atoms with Crippen LogP contribution in [-0.2, 0) is 14.8 Å². The summed E-state index contributed by atoms with van der Waals surface area (Å²) in [6, 6.07) is 20.5. The van der Waals surface area contributed by atoms with Gasteiger partial charge in [-0.05, 0) is 73.5 Å². The van der Waals surface area contributed by atoms with E-state index in [1.807, 2.05) is 38.1 Å². The number of nitrogens with one attached hydrogen (secondary N) is 2. The molecule has 0 aliphatic rings. The van der Waals surface area contributed by atoms with Gasteiger partial charge in [0.2, 0.25) is 0 Å². The second-order valence-corrected chi connectivity index (χ2v) is 8.34. The molecule has 6 nitrogen and oxygen atoms in total. The van der Waals surface area contributed by atoms with Gasteiger partial charge in [0.25, 0.3) is 15.9 Å². The van der Waals surface area contributed by atoms with Crippen LogP contribution in [0.5, 0.6) is 5.75 Å². The fourth-order valence-electron chi connectivity index (χ4n) is 2.71. The molecule has 7 heteroatoms. The molecule has 3 aromatic rings. The predicted octanol–water partition coefficient (Wildman–Crippen LogP) is 4.12. The van der Waals surface area contributed by atoms with Crippen molar-refractivity contribution in [2.75, 3.05) is 16.6 Å². The van der Waals surface area contributed by atoms with Gasteiger partial charge in [0, 0.05) is 11.4 Å². The minimum absolute atomic E-state index is 0.107. The maximum absolute atomic E-state index is 12.5. The fraction of sp³-hybridized carbons (Fsp3) is 0.136. The van der Waals surface area contributed by atoms with Crippen molar-refractivity contribution < 1.29 is 17.9 Å². The second kappa shape index (κ2) is 8.79. The molecule has 150 valence electrons. The summed E-state index contributed by atoms with van der Waals surface area (Å²) >= 11 is 0. The van der Waals surface area contributed by atoms with Gasteiger partial charge in [-0.2, -0.15) is 0 Å². The van der Waals surface area contributed by atoms with Crippen LogP contribution in [0.15, 0.2) is 77.7 Å². The Labute approximate surface area is 170 Å². The standard InChI is InChI=1S/C22H22N2O4S/c1-16-5-3-7-18(13-16)23-22(25)15-28-20-9-11-21(12-10-20)29(26,27)24-19-8-4-6-17(2)14-19/h3-14,24H,15H2,1-2H3,(H,23,25). The van der Waals surface area contributed by atoms with E-state index in [-0.39, 0.29) is 17.4 Å². The molecule has 2 N–H and O–H groups in total. The number of carbonyl (C=O) groups is 1. The molecule has 0 aliphatic carbocycles. The first kappa shape index (κ1) is 20.4. The van der Waals surface area contributed by atoms with Gasteiger partial charge >= 0.3 is 0 Å². The van der Waals surface area contributed by atoms with E-state index >= 15 is 0 Å². The van der Waals surface area contributed by atoms with E-state index in [2.05, 4.69) is 10.0 Å². The Bertz CT molecular complexity index is 1110. The van der Waals surface area contributed by atoms with E-state index in [0.717, 1.165) is 11.1 Å². The van der Waals surface area contributed by atoms with E-state index in [4.69, 9.17) is 4.74 Å². The average molecular weight is 410 g/mol. The Morgan fingerprint density at radius 1 is 0.862 bits per heavy atom. The first-order valence-electron chi connectivity index (χ1n) is 9.01. The van der Waals surface area contributed by atoms with Crippen molar-refractivity contribution in [3.05, 3.63) is 83.9 Å². The minimum atomic E-state index is -3.71. The molecule has 1 amide bonds. The van der Waals surface area contributed by atoms with E-state index < -0.39 is 10.0 Å². The average Bonchev–Trinajstić information content (AvgIpc) is 2.66. The zero-order chi connectivity index (χ0) is 20.9. The van der Waals surface area contributed by atoms with Crippen molar-refractivity contribution in [1.82, 2.24) is 0 Å². The lowest BCUT2D eigenvalue weighted by Crippen LogP contribution is -2.20. The van der Waals surface area contributed by atoms with Gasteiger partial charge in [-0.1, -0.05) is 24.3 Å². The normalized spacial score (nSPS) is 11.0. The first-order chi connectivity index (χ1) is 13.8. The molecule has 0 spiro atoms. The lowest BCUT2D eigenvalue weighted by molar-refractivity contribution is -0.118. The van der Waals surface area contributed by atoms with Crippen LogP contribution < -0.4 is 14.8 Å². The molecule has 0 unspecified atom stereocenters. The largest absolute Gasteiger partial charge is 0.484 e. The number of hydrogen-bond donors (Lipinski definition) is 2. The zero-order valence-electron chi connectivity index (χ0n) is 16.2. The second-order valence-electron chi connectivity index (χ2n) is 6.65. The number of anilines is 2. The van der Waals surface area contributed by atoms with Crippen LogP contribution in [0, 0.1) is 13.8 Å². The summed E-state index contributed by atoms with van der Waals surface area (Å²) in [7, 11) is -3.71. The lowest BCUT2D eigenvalue weighted by Gasteiger charge is -2.10. The number of rotatable bonds is 7. The Balaban J connectivity index is 1.58. The molecule has 3 rings (SSSR count). The first-order valence-corrected chi connectivity index (χ1v) is 10.5. The Kier molecular flexibility index (Phi) is 6.19. The van der Waals surface area contributed by atoms with Gasteiger partial charge in [0.1, 0.15) is 5.75 Å². The van der Waals surface area contributed by atoms with E-state index in [1.54, 1.807) is 24.3 Å². The molecule has 0 aromatic heterocycles. The quantitative estimate of drug-likeness (QED) is 0.614. The molecule has 0 aliphatic heterocycles. The summed E-state index contributed by atoms with van der Waals surface area (Å²) in [6.45, 7) is 3.65. The van der Waals surface area contributed by atoms with E-state index in [0.29, 0.717) is 17.1 Å². The maximum atomic E-state index is 12.5. The van der Waals surface area contributed by atoms with E-state index in [1.165, 1.54) is 24.3 Å². The zero-order valence-corrected chi connectivity index (χ0v) is 17.0. The van der Waals surface area contributed by atoms with Crippen LogP contribution in [0.25, 0.3) is 0 Å². The molecule has 0 saturated heterocycles. The number of amides is 1. The molecule has 0 atom stereocenters. The van der Waals surface area contributed by atoms with Crippen LogP contribution in [0.3, 0.4) is 0 Å². The SMILES string of the molecule is Cc1cccc(NC(=O)COc2ccc(S(=O)(=O)Nc3cccc(C)c3)cc2)c1. The third kappa shape index (κ3) is 5.83. The van der Waals surface area contributed by atoms with Crippen molar-refractivity contribution in [2.24, 2.45) is 0 Å². The molecular weight excluding hydrogens is 388 g/mol. The van der Waals surface area contributed by atoms with Crippen LogP contribution in [0.1, 0.15) is 11.1 Å². The number of hydrogen-bond acceptors (Lipinski definition) is 4. The van der Waals surface area contributed by atoms with Gasteiger partial charge < -0.3 is 10.1 Å². The molecule has 0 saturated carbocycles. The van der Waals surface area contributed by atoms with Gasteiger partial charge in [-0.15, -0.1) is 0 Å². The highest BCUT2D eigenvalue weighted by molar-refractivity contribution is 7.92. The molecule has 0 heterocycles. The van der Waals surface area contributed by atoms with Crippen LogP contribution in [0.4, 0.5) is 11.4 Å². The van der Waals surface area contributed by atoms with Crippen molar-refractivity contribution >= 4 is 27.3 Å². The maximum Gasteiger partial charge on any atom is 0.262 e. The highest BCUT2D eigenvalue weighted by Crippen LogP contribution is 2.20. The minimum Gasteiger partial charge on any atom is -0.484 e. The number of carbonyl (C=O) groups excluding carboxylic acids is 1. The number of sulfonamides is 1. The van der Waals surface area contributed by atoms with Gasteiger partial charge in [0.05, 0.1) is 4.90 Å². The van der Waals surface area contributed by atoms with Crippen molar-refractivity contribution in [1.29, 1.82) is 0 Å². The summed E-state index contributed by atoms with van der Waals surface area (Å²) in [5.41, 5.74) is 3.19. The Morgan fingerprint density at radius 2 is 1.45 bits per heavy atom. The molecular formula is C22H22N2O4S. The molecule has 0 radical (unpaired) electrons. The van der Waals surface area contributed by atoms with Crippen molar-refractivity contribution in [2.45, 2.75) is 18.7 Å². The fourth-order valence-corrected chi connectivity index (χ4v) is 3.76. The molecule has 0 bridgehead atoms. The van der Waals surface area contributed by atoms with Gasteiger partial charge in [0.15, 0.2) is 6.61 Å².